The van der Waals surface area contributed by atoms with Gasteiger partial charge in [0, 0.05) is 17.3 Å². The zero-order valence-corrected chi connectivity index (χ0v) is 23.8. The fraction of sp³-hybridized carbons (Fsp3) is 0.182. The maximum absolute atomic E-state index is 14.4. The summed E-state index contributed by atoms with van der Waals surface area (Å²) in [6, 6.07) is 38.7. The standard InChI is InChI=1S/C33H34N3O3P/c1-3-38-40(37,39-4-2)33(34-24-26-14-8-5-9-15-26)31-25-36(30-18-12-7-13-19-30)35-32(31)29-22-20-28(21-23-29)27-16-10-6-11-17-27/h5-23,25,33-34H,3-4,24H2,1-2H3/p+1/t33-/m1/s1. The van der Waals surface area contributed by atoms with Crippen LogP contribution >= 0.6 is 7.60 Å². The predicted octanol–water partition coefficient (Wildman–Crippen LogP) is 7.23. The van der Waals surface area contributed by atoms with E-state index in [1.165, 1.54) is 0 Å². The molecule has 0 saturated heterocycles. The van der Waals surface area contributed by atoms with Crippen LogP contribution in [0.1, 0.15) is 30.8 Å². The van der Waals surface area contributed by atoms with E-state index in [9.17, 15) is 4.57 Å². The summed E-state index contributed by atoms with van der Waals surface area (Å²) in [4.78, 5) is 0. The van der Waals surface area contributed by atoms with Crippen LogP contribution in [0.2, 0.25) is 0 Å². The molecule has 0 aliphatic rings. The lowest BCUT2D eigenvalue weighted by Gasteiger charge is -2.24. The van der Waals surface area contributed by atoms with Crippen molar-refractivity contribution >= 4 is 7.60 Å². The van der Waals surface area contributed by atoms with E-state index in [2.05, 4.69) is 53.8 Å². The molecule has 0 aliphatic carbocycles. The van der Waals surface area contributed by atoms with E-state index >= 15 is 0 Å². The Hall–Kier alpha value is -3.80. The van der Waals surface area contributed by atoms with Crippen molar-refractivity contribution in [3.63, 3.8) is 0 Å². The lowest BCUT2D eigenvalue weighted by atomic mass is 10.0. The predicted molar refractivity (Wildman–Crippen MR) is 160 cm³/mol. The summed E-state index contributed by atoms with van der Waals surface area (Å²) in [7, 11) is -3.58. The highest BCUT2D eigenvalue weighted by Gasteiger charge is 2.43. The molecule has 204 valence electrons. The molecule has 1 heterocycles. The molecule has 0 amide bonds. The molecule has 5 rings (SSSR count). The van der Waals surface area contributed by atoms with Crippen molar-refractivity contribution in [3.8, 4) is 28.1 Å². The largest absolute Gasteiger partial charge is 0.392 e. The van der Waals surface area contributed by atoms with Gasteiger partial charge in [0.1, 0.15) is 12.2 Å². The van der Waals surface area contributed by atoms with Gasteiger partial charge in [-0.3, -0.25) is 4.57 Å². The SMILES string of the molecule is CCOP(=O)(OCC)[C@@H]([NH2+]Cc1ccccc1)c1cn(-c2ccccc2)nc1-c1ccc(-c2ccccc2)cc1. The zero-order valence-electron chi connectivity index (χ0n) is 22.9. The van der Waals surface area contributed by atoms with Crippen LogP contribution < -0.4 is 5.32 Å². The van der Waals surface area contributed by atoms with Crippen molar-refractivity contribution in [1.82, 2.24) is 9.78 Å². The van der Waals surface area contributed by atoms with Crippen molar-refractivity contribution in [2.45, 2.75) is 26.2 Å². The number of rotatable bonds is 12. The number of hydrogen-bond donors (Lipinski definition) is 1. The van der Waals surface area contributed by atoms with E-state index in [4.69, 9.17) is 14.1 Å². The molecule has 0 radical (unpaired) electrons. The Kier molecular flexibility index (Phi) is 9.04. The summed E-state index contributed by atoms with van der Waals surface area (Å²) in [5.41, 5.74) is 6.79. The highest BCUT2D eigenvalue weighted by Crippen LogP contribution is 2.58. The third-order valence-corrected chi connectivity index (χ3v) is 9.13. The molecule has 6 nitrogen and oxygen atoms in total. The van der Waals surface area contributed by atoms with Gasteiger partial charge in [-0.05, 0) is 37.1 Å². The summed E-state index contributed by atoms with van der Waals surface area (Å²) in [6.45, 7) is 4.85. The molecule has 0 unspecified atom stereocenters. The molecule has 2 N–H and O–H groups in total. The van der Waals surface area contributed by atoms with Crippen LogP contribution in [0.25, 0.3) is 28.1 Å². The van der Waals surface area contributed by atoms with Gasteiger partial charge in [-0.15, -0.1) is 0 Å². The topological polar surface area (TPSA) is 70.0 Å². The molecule has 4 aromatic carbocycles. The van der Waals surface area contributed by atoms with Crippen molar-refractivity contribution < 1.29 is 18.9 Å². The molecule has 0 bridgehead atoms. The van der Waals surface area contributed by atoms with Crippen LogP contribution in [0.5, 0.6) is 0 Å². The molecular weight excluding hydrogens is 517 g/mol. The minimum atomic E-state index is -3.58. The molecule has 0 spiro atoms. The Morgan fingerprint density at radius 1 is 0.725 bits per heavy atom. The molecule has 1 aromatic heterocycles. The van der Waals surface area contributed by atoms with Crippen LogP contribution in [0.15, 0.2) is 121 Å². The Balaban J connectivity index is 1.62. The van der Waals surface area contributed by atoms with E-state index in [1.807, 2.05) is 91.5 Å². The lowest BCUT2D eigenvalue weighted by Crippen LogP contribution is -2.83. The summed E-state index contributed by atoms with van der Waals surface area (Å²) >= 11 is 0. The highest BCUT2D eigenvalue weighted by atomic mass is 31.2. The summed E-state index contributed by atoms with van der Waals surface area (Å²) in [6.07, 6.45) is 1.96. The molecule has 5 aromatic rings. The van der Waals surface area contributed by atoms with Crippen LogP contribution in [-0.4, -0.2) is 23.0 Å². The molecule has 0 fully saturated rings. The maximum atomic E-state index is 14.4. The molecule has 40 heavy (non-hydrogen) atoms. The van der Waals surface area contributed by atoms with Gasteiger partial charge in [-0.1, -0.05) is 103 Å². The Morgan fingerprint density at radius 3 is 1.85 bits per heavy atom. The van der Waals surface area contributed by atoms with Crippen LogP contribution in [0.4, 0.5) is 0 Å². The highest BCUT2D eigenvalue weighted by molar-refractivity contribution is 7.54. The fourth-order valence-corrected chi connectivity index (χ4v) is 6.85. The first-order valence-corrected chi connectivity index (χ1v) is 15.3. The van der Waals surface area contributed by atoms with Gasteiger partial charge in [-0.2, -0.15) is 5.10 Å². The van der Waals surface area contributed by atoms with Gasteiger partial charge >= 0.3 is 7.60 Å². The van der Waals surface area contributed by atoms with Crippen LogP contribution in [0.3, 0.4) is 0 Å². The third kappa shape index (κ3) is 6.33. The fourth-order valence-electron chi connectivity index (χ4n) is 4.84. The zero-order chi connectivity index (χ0) is 27.8. The number of hydrogen-bond acceptors (Lipinski definition) is 4. The average molecular weight is 553 g/mol. The van der Waals surface area contributed by atoms with Gasteiger partial charge in [0.15, 0.2) is 0 Å². The molecule has 7 heteroatoms. The van der Waals surface area contributed by atoms with E-state index in [0.717, 1.165) is 39.2 Å². The Labute approximate surface area is 236 Å². The Bertz CT molecular complexity index is 1530. The number of aromatic nitrogens is 2. The lowest BCUT2D eigenvalue weighted by molar-refractivity contribution is -0.693. The van der Waals surface area contributed by atoms with Gasteiger partial charge in [0.2, 0.25) is 5.78 Å². The summed E-state index contributed by atoms with van der Waals surface area (Å²) in [5.74, 6) is -0.617. The average Bonchev–Trinajstić information content (AvgIpc) is 3.44. The molecular formula is C33H35N3O3P+. The quantitative estimate of drug-likeness (QED) is 0.166. The van der Waals surface area contributed by atoms with E-state index < -0.39 is 13.4 Å². The first-order valence-electron chi connectivity index (χ1n) is 13.7. The first-order chi connectivity index (χ1) is 19.6. The van der Waals surface area contributed by atoms with E-state index in [1.54, 1.807) is 0 Å². The van der Waals surface area contributed by atoms with Gasteiger partial charge in [0.05, 0.1) is 24.5 Å². The minimum Gasteiger partial charge on any atom is -0.326 e. The van der Waals surface area contributed by atoms with E-state index in [-0.39, 0.29) is 13.2 Å². The number of quaternary nitrogens is 1. The van der Waals surface area contributed by atoms with Crippen molar-refractivity contribution in [2.75, 3.05) is 13.2 Å². The summed E-state index contributed by atoms with van der Waals surface area (Å²) in [5, 5.41) is 7.08. The maximum Gasteiger partial charge on any atom is 0.392 e. The number of nitrogens with zero attached hydrogens (tertiary/aromatic N) is 2. The van der Waals surface area contributed by atoms with Crippen LogP contribution in [-0.2, 0) is 20.2 Å². The monoisotopic (exact) mass is 552 g/mol. The second-order valence-corrected chi connectivity index (χ2v) is 11.6. The normalized spacial score (nSPS) is 12.3. The molecule has 0 saturated carbocycles. The third-order valence-electron chi connectivity index (χ3n) is 6.73. The number of para-hydroxylation sites is 1. The van der Waals surface area contributed by atoms with Gasteiger partial charge in [-0.25, -0.2) is 4.68 Å². The first kappa shape index (κ1) is 27.8. The summed E-state index contributed by atoms with van der Waals surface area (Å²) < 4.78 is 28.1. The van der Waals surface area contributed by atoms with Crippen molar-refractivity contribution in [2.24, 2.45) is 0 Å². The second kappa shape index (κ2) is 13.0. The van der Waals surface area contributed by atoms with E-state index in [0.29, 0.717) is 6.54 Å². The van der Waals surface area contributed by atoms with Crippen molar-refractivity contribution in [1.29, 1.82) is 0 Å². The second-order valence-electron chi connectivity index (χ2n) is 9.40. The number of benzene rings is 4. The van der Waals surface area contributed by atoms with Crippen molar-refractivity contribution in [3.05, 3.63) is 133 Å². The number of nitrogens with two attached hydrogens (primary N) is 1. The van der Waals surface area contributed by atoms with Gasteiger partial charge in [0.25, 0.3) is 0 Å². The minimum absolute atomic E-state index is 0.279. The van der Waals surface area contributed by atoms with Crippen LogP contribution in [0, 0.1) is 0 Å². The Morgan fingerprint density at radius 2 is 1.25 bits per heavy atom. The van der Waals surface area contributed by atoms with Gasteiger partial charge < -0.3 is 14.4 Å². The smallest absolute Gasteiger partial charge is 0.326 e. The molecule has 1 atom stereocenters. The molecule has 0 aliphatic heterocycles.